The zero-order valence-electron chi connectivity index (χ0n) is 22.3. The summed E-state index contributed by atoms with van der Waals surface area (Å²) >= 11 is 0. The van der Waals surface area contributed by atoms with E-state index in [9.17, 15) is 9.18 Å². The van der Waals surface area contributed by atoms with Gasteiger partial charge >= 0.3 is 0 Å². The van der Waals surface area contributed by atoms with Crippen LogP contribution < -0.4 is 5.32 Å². The van der Waals surface area contributed by atoms with E-state index in [2.05, 4.69) is 36.5 Å². The number of anilines is 1. The molecule has 2 aromatic carbocycles. The zero-order chi connectivity index (χ0) is 27.8. The summed E-state index contributed by atoms with van der Waals surface area (Å²) in [7, 11) is 0. The predicted octanol–water partition coefficient (Wildman–Crippen LogP) is 6.81. The van der Waals surface area contributed by atoms with E-state index in [1.54, 1.807) is 30.9 Å². The lowest BCUT2D eigenvalue weighted by Crippen LogP contribution is -2.24. The summed E-state index contributed by atoms with van der Waals surface area (Å²) in [4.78, 5) is 29.8. The van der Waals surface area contributed by atoms with Gasteiger partial charge in [0.1, 0.15) is 11.5 Å². The number of nitrogens with one attached hydrogen (secondary N) is 3. The Bertz CT molecular complexity index is 1890. The molecule has 1 aliphatic rings. The van der Waals surface area contributed by atoms with Gasteiger partial charge in [-0.1, -0.05) is 37.5 Å². The third-order valence-corrected chi connectivity index (χ3v) is 7.86. The summed E-state index contributed by atoms with van der Waals surface area (Å²) < 4.78 is 13.8. The van der Waals surface area contributed by atoms with Crippen molar-refractivity contribution in [1.82, 2.24) is 30.1 Å². The molecule has 8 nitrogen and oxygen atoms in total. The highest BCUT2D eigenvalue weighted by Crippen LogP contribution is 2.32. The molecule has 7 rings (SSSR count). The number of nitrogens with zero attached hydrogens (tertiary/aromatic N) is 4. The second kappa shape index (κ2) is 10.6. The molecule has 0 saturated heterocycles. The van der Waals surface area contributed by atoms with Crippen LogP contribution in [0.15, 0.2) is 73.3 Å². The molecule has 0 radical (unpaired) electrons. The molecule has 41 heavy (non-hydrogen) atoms. The van der Waals surface area contributed by atoms with Crippen molar-refractivity contribution < 1.29 is 9.18 Å². The monoisotopic (exact) mass is 545 g/mol. The first-order valence-electron chi connectivity index (χ1n) is 13.9. The van der Waals surface area contributed by atoms with Crippen molar-refractivity contribution >= 4 is 33.5 Å². The molecule has 0 aliphatic heterocycles. The number of hydrogen-bond donors (Lipinski definition) is 3. The van der Waals surface area contributed by atoms with Crippen LogP contribution in [-0.4, -0.2) is 36.0 Å². The molecule has 1 saturated carbocycles. The average molecular weight is 546 g/mol. The number of pyridine rings is 2. The number of rotatable bonds is 6. The molecule has 9 heteroatoms. The number of fused-ring (bicyclic) bond motifs is 2. The van der Waals surface area contributed by atoms with Gasteiger partial charge in [0.25, 0.3) is 0 Å². The Hall–Kier alpha value is -4.92. The Morgan fingerprint density at radius 2 is 1.80 bits per heavy atom. The number of H-pyrrole nitrogens is 2. The van der Waals surface area contributed by atoms with Crippen molar-refractivity contribution in [2.45, 2.75) is 38.5 Å². The third-order valence-electron chi connectivity index (χ3n) is 7.86. The summed E-state index contributed by atoms with van der Waals surface area (Å²) in [6.07, 6.45) is 12.8. The minimum Gasteiger partial charge on any atom is -0.335 e. The number of hydrogen-bond acceptors (Lipinski definition) is 5. The van der Waals surface area contributed by atoms with Gasteiger partial charge in [-0.3, -0.25) is 19.9 Å². The van der Waals surface area contributed by atoms with E-state index < -0.39 is 0 Å². The molecule has 1 amide bonds. The number of aromatic nitrogens is 6. The largest absolute Gasteiger partial charge is 0.335 e. The maximum absolute atomic E-state index is 13.8. The molecule has 4 aromatic heterocycles. The number of aromatic amines is 2. The molecule has 0 unspecified atom stereocenters. The van der Waals surface area contributed by atoms with Crippen molar-refractivity contribution in [3.63, 3.8) is 0 Å². The van der Waals surface area contributed by atoms with E-state index in [0.29, 0.717) is 23.6 Å². The van der Waals surface area contributed by atoms with E-state index >= 15 is 0 Å². The highest BCUT2D eigenvalue weighted by molar-refractivity contribution is 5.97. The van der Waals surface area contributed by atoms with Crippen LogP contribution in [-0.2, 0) is 11.2 Å². The topological polar surface area (TPSA) is 112 Å². The van der Waals surface area contributed by atoms with Crippen molar-refractivity contribution in [1.29, 1.82) is 0 Å². The average Bonchev–Trinajstić information content (AvgIpc) is 3.62. The predicted molar refractivity (Wildman–Crippen MR) is 157 cm³/mol. The lowest BCUT2D eigenvalue weighted by Gasteiger charge is -2.20. The van der Waals surface area contributed by atoms with Crippen LogP contribution >= 0.6 is 0 Å². The maximum atomic E-state index is 13.8. The first kappa shape index (κ1) is 25.1. The highest BCUT2D eigenvalue weighted by atomic mass is 19.1. The summed E-state index contributed by atoms with van der Waals surface area (Å²) in [5, 5.41) is 11.6. The molecule has 204 valence electrons. The van der Waals surface area contributed by atoms with E-state index in [0.717, 1.165) is 69.9 Å². The minimum atomic E-state index is -0.267. The second-order valence-corrected chi connectivity index (χ2v) is 10.7. The molecule has 0 spiro atoms. The molecule has 4 heterocycles. The van der Waals surface area contributed by atoms with Crippen LogP contribution in [0.1, 0.15) is 43.2 Å². The number of halogens is 1. The van der Waals surface area contributed by atoms with Gasteiger partial charge in [0.2, 0.25) is 5.91 Å². The van der Waals surface area contributed by atoms with Gasteiger partial charge in [-0.2, -0.15) is 5.10 Å². The van der Waals surface area contributed by atoms with Crippen molar-refractivity contribution in [3.8, 4) is 22.6 Å². The van der Waals surface area contributed by atoms with Crippen molar-refractivity contribution in [3.05, 3.63) is 90.3 Å². The van der Waals surface area contributed by atoms with Gasteiger partial charge in [-0.05, 0) is 54.3 Å². The van der Waals surface area contributed by atoms with Crippen molar-refractivity contribution in [2.75, 3.05) is 5.32 Å². The smallest absolute Gasteiger partial charge is 0.227 e. The lowest BCUT2D eigenvalue weighted by atomic mass is 9.88. The number of benzene rings is 2. The van der Waals surface area contributed by atoms with Gasteiger partial charge < -0.3 is 10.3 Å². The number of carbonyl (C=O) groups is 1. The SMILES string of the molecule is O=C(Nc1cncc(-c2ccc3[nH]nc(-c4nc5c(Cc6cccc(F)c6)cncc5[nH]4)c3c2)c1)C1CCCCC1. The summed E-state index contributed by atoms with van der Waals surface area (Å²) in [6, 6.07) is 14.6. The fourth-order valence-corrected chi connectivity index (χ4v) is 5.75. The lowest BCUT2D eigenvalue weighted by molar-refractivity contribution is -0.120. The molecule has 3 N–H and O–H groups in total. The number of carbonyl (C=O) groups excluding carboxylic acids is 1. The van der Waals surface area contributed by atoms with Crippen LogP contribution in [0, 0.1) is 11.7 Å². The Labute approximate surface area is 235 Å². The number of amides is 1. The van der Waals surface area contributed by atoms with E-state index in [1.165, 1.54) is 18.6 Å². The van der Waals surface area contributed by atoms with E-state index in [-0.39, 0.29) is 17.6 Å². The van der Waals surface area contributed by atoms with Gasteiger partial charge in [0, 0.05) is 41.2 Å². The Balaban J connectivity index is 1.20. The fourth-order valence-electron chi connectivity index (χ4n) is 5.75. The maximum Gasteiger partial charge on any atom is 0.227 e. The molecule has 0 bridgehead atoms. The molecular weight excluding hydrogens is 517 g/mol. The van der Waals surface area contributed by atoms with E-state index in [1.807, 2.05) is 24.3 Å². The van der Waals surface area contributed by atoms with E-state index in [4.69, 9.17) is 4.98 Å². The quantitative estimate of drug-likeness (QED) is 0.213. The second-order valence-electron chi connectivity index (χ2n) is 10.7. The first-order chi connectivity index (χ1) is 20.1. The number of imidazole rings is 1. The normalized spacial score (nSPS) is 14.1. The Morgan fingerprint density at radius 1 is 0.927 bits per heavy atom. The van der Waals surface area contributed by atoms with Gasteiger partial charge in [-0.25, -0.2) is 9.37 Å². The molecular formula is C32H28FN7O. The molecule has 1 fully saturated rings. The van der Waals surface area contributed by atoms with Crippen LogP contribution in [0.5, 0.6) is 0 Å². The van der Waals surface area contributed by atoms with Crippen LogP contribution in [0.4, 0.5) is 10.1 Å². The van der Waals surface area contributed by atoms with Crippen LogP contribution in [0.25, 0.3) is 44.6 Å². The van der Waals surface area contributed by atoms with Gasteiger partial charge in [0.15, 0.2) is 5.82 Å². The van der Waals surface area contributed by atoms with Gasteiger partial charge in [-0.15, -0.1) is 0 Å². The summed E-state index contributed by atoms with van der Waals surface area (Å²) in [5.41, 5.74) is 7.41. The molecule has 1 aliphatic carbocycles. The van der Waals surface area contributed by atoms with Crippen LogP contribution in [0.2, 0.25) is 0 Å². The zero-order valence-corrected chi connectivity index (χ0v) is 22.3. The standard InChI is InChI=1S/C32H28FN7O/c33-24-8-4-5-19(12-24)11-23-16-35-18-28-29(23)38-31(37-28)30-26-14-21(9-10-27(26)39-40-30)22-13-25(17-34-15-22)36-32(41)20-6-2-1-3-7-20/h4-5,8-10,12-18,20H,1-3,6-7,11H2,(H,36,41)(H,37,38)(H,39,40). The minimum absolute atomic E-state index is 0.0747. The third kappa shape index (κ3) is 5.06. The Kier molecular flexibility index (Phi) is 6.47. The van der Waals surface area contributed by atoms with Crippen LogP contribution in [0.3, 0.4) is 0 Å². The first-order valence-corrected chi connectivity index (χ1v) is 13.9. The summed E-state index contributed by atoms with van der Waals surface area (Å²) in [6.45, 7) is 0. The van der Waals surface area contributed by atoms with Crippen molar-refractivity contribution in [2.24, 2.45) is 5.92 Å². The van der Waals surface area contributed by atoms with Gasteiger partial charge in [0.05, 0.1) is 34.6 Å². The highest BCUT2D eigenvalue weighted by Gasteiger charge is 2.21. The summed E-state index contributed by atoms with van der Waals surface area (Å²) in [5.74, 6) is 0.498. The molecule has 6 aromatic rings. The Morgan fingerprint density at radius 3 is 2.68 bits per heavy atom. The molecule has 0 atom stereocenters. The fraction of sp³-hybridized carbons (Fsp3) is 0.219.